The Morgan fingerprint density at radius 1 is 1.11 bits per heavy atom. The second-order valence-electron chi connectivity index (χ2n) is 8.98. The smallest absolute Gasteiger partial charge is 0.266 e. The molecular formula is C25H26N5O5+. The van der Waals surface area contributed by atoms with Crippen LogP contribution < -0.4 is 14.7 Å². The number of fused-ring (bicyclic) bond motifs is 1. The molecule has 4 heterocycles. The Hall–Kier alpha value is -3.97. The summed E-state index contributed by atoms with van der Waals surface area (Å²) in [7, 11) is 0. The summed E-state index contributed by atoms with van der Waals surface area (Å²) < 4.78 is 8.17. The highest BCUT2D eigenvalue weighted by Gasteiger charge is 2.46. The van der Waals surface area contributed by atoms with Gasteiger partial charge in [-0.15, -0.1) is 11.1 Å². The molecule has 2 fully saturated rings. The first kappa shape index (κ1) is 22.8. The molecule has 2 saturated heterocycles. The van der Waals surface area contributed by atoms with E-state index in [-0.39, 0.29) is 30.1 Å². The van der Waals surface area contributed by atoms with E-state index in [0.29, 0.717) is 5.75 Å². The number of H-pyrrole nitrogens is 1. The van der Waals surface area contributed by atoms with Crippen molar-refractivity contribution in [2.75, 3.05) is 19.6 Å². The number of nitrogens with zero attached hydrogens (tertiary/aromatic N) is 3. The molecule has 0 bridgehead atoms. The molecule has 0 saturated carbocycles. The zero-order chi connectivity index (χ0) is 24.5. The zero-order valence-corrected chi connectivity index (χ0v) is 19.2. The molecule has 0 radical (unpaired) electrons. The highest BCUT2D eigenvalue weighted by molar-refractivity contribution is 6.24. The van der Waals surface area contributed by atoms with Gasteiger partial charge in [0.2, 0.25) is 18.0 Å². The van der Waals surface area contributed by atoms with Crippen LogP contribution in [-0.4, -0.2) is 70.3 Å². The predicted octanol–water partition coefficient (Wildman–Crippen LogP) is 0.228. The number of nitrogens with one attached hydrogen (secondary N) is 2. The lowest BCUT2D eigenvalue weighted by atomic mass is 10.0. The van der Waals surface area contributed by atoms with Crippen LogP contribution in [-0.2, 0) is 16.1 Å². The third kappa shape index (κ3) is 4.42. The molecule has 2 N–H and O–H groups in total. The molecule has 3 aliphatic rings. The van der Waals surface area contributed by atoms with Crippen molar-refractivity contribution >= 4 is 23.6 Å². The van der Waals surface area contributed by atoms with Crippen LogP contribution in [0, 0.1) is 12.3 Å². The molecule has 10 heteroatoms. The first-order valence-corrected chi connectivity index (χ1v) is 11.7. The summed E-state index contributed by atoms with van der Waals surface area (Å²) in [6.07, 6.45) is 10.8. The first-order valence-electron chi connectivity index (χ1n) is 11.7. The summed E-state index contributed by atoms with van der Waals surface area (Å²) in [4.78, 5) is 53.3. The predicted molar refractivity (Wildman–Crippen MR) is 122 cm³/mol. The van der Waals surface area contributed by atoms with Crippen LogP contribution in [0.2, 0.25) is 0 Å². The fourth-order valence-corrected chi connectivity index (χ4v) is 4.86. The summed E-state index contributed by atoms with van der Waals surface area (Å²) in [6.45, 7) is 3.36. The number of benzene rings is 1. The number of likely N-dealkylation sites (tertiary alicyclic amines) is 1. The fraction of sp³-hybridized carbons (Fsp3) is 0.400. The molecule has 2 aromatic rings. The monoisotopic (exact) mass is 476 g/mol. The van der Waals surface area contributed by atoms with E-state index in [0.717, 1.165) is 49.5 Å². The van der Waals surface area contributed by atoms with Crippen LogP contribution in [0.1, 0.15) is 52.0 Å². The van der Waals surface area contributed by atoms with Gasteiger partial charge in [-0.2, -0.15) is 5.10 Å². The maximum atomic E-state index is 13.2. The van der Waals surface area contributed by atoms with E-state index in [1.165, 1.54) is 0 Å². The Labute approximate surface area is 202 Å². The number of imide groups is 2. The van der Waals surface area contributed by atoms with Crippen molar-refractivity contribution < 1.29 is 28.6 Å². The van der Waals surface area contributed by atoms with Crippen molar-refractivity contribution in [3.05, 3.63) is 47.3 Å². The van der Waals surface area contributed by atoms with Gasteiger partial charge in [0.25, 0.3) is 11.8 Å². The van der Waals surface area contributed by atoms with E-state index in [9.17, 15) is 19.2 Å². The number of carbonyl (C=O) groups excluding carboxylic acids is 4. The zero-order valence-electron chi connectivity index (χ0n) is 19.2. The Bertz CT molecular complexity index is 1240. The summed E-state index contributed by atoms with van der Waals surface area (Å²) in [5, 5.41) is 5.33. The lowest BCUT2D eigenvalue weighted by Gasteiger charge is -2.31. The first-order chi connectivity index (χ1) is 16.9. The van der Waals surface area contributed by atoms with E-state index in [1.54, 1.807) is 24.4 Å². The van der Waals surface area contributed by atoms with E-state index in [4.69, 9.17) is 11.2 Å². The molecule has 1 aromatic carbocycles. The highest BCUT2D eigenvalue weighted by atomic mass is 16.5. The van der Waals surface area contributed by atoms with Crippen LogP contribution in [0.3, 0.4) is 0 Å². The van der Waals surface area contributed by atoms with Gasteiger partial charge in [0.05, 0.1) is 23.9 Å². The van der Waals surface area contributed by atoms with Crippen LogP contribution in [0.25, 0.3) is 0 Å². The van der Waals surface area contributed by atoms with Gasteiger partial charge in [-0.05, 0) is 31.4 Å². The molecule has 0 aliphatic carbocycles. The second-order valence-corrected chi connectivity index (χ2v) is 8.98. The number of rotatable bonds is 6. The number of piperidine rings is 2. The number of amides is 4. The molecule has 4 amide bonds. The number of aromatic amines is 1. The van der Waals surface area contributed by atoms with Crippen LogP contribution in [0.15, 0.2) is 30.6 Å². The third-order valence-electron chi connectivity index (χ3n) is 6.76. The van der Waals surface area contributed by atoms with Gasteiger partial charge in [0, 0.05) is 19.5 Å². The molecule has 0 spiro atoms. The Morgan fingerprint density at radius 3 is 2.63 bits per heavy atom. The summed E-state index contributed by atoms with van der Waals surface area (Å²) in [5.74, 6) is 0.845. The average Bonchev–Trinajstić information content (AvgIpc) is 3.42. The number of terminal acetylenes is 1. The van der Waals surface area contributed by atoms with Crippen LogP contribution >= 0.6 is 0 Å². The quantitative estimate of drug-likeness (QED) is 0.350. The largest absolute Gasteiger partial charge is 0.489 e. The molecule has 1 unspecified atom stereocenters. The lowest BCUT2D eigenvalue weighted by Crippen LogP contribution is -2.54. The fourth-order valence-electron chi connectivity index (χ4n) is 4.86. The van der Waals surface area contributed by atoms with Gasteiger partial charge < -0.3 is 4.74 Å². The minimum absolute atomic E-state index is 0.0825. The maximum absolute atomic E-state index is 13.2. The normalized spacial score (nSPS) is 21.1. The standard InChI is InChI=1S/C25H25N5O5/c1-2-16-14-26-29(15-16)13-12-28-10-8-17(9-11-28)35-20-5-3-4-18-22(20)25(34)30(24(18)33)19-6-7-21(31)27-23(19)32/h1,3-5,14-15,17,19H,6-13H2,(H,27,31,32)/p+1. The molecule has 1 atom stereocenters. The van der Waals surface area contributed by atoms with E-state index >= 15 is 0 Å². The Morgan fingerprint density at radius 2 is 1.91 bits per heavy atom. The average molecular weight is 477 g/mol. The second kappa shape index (κ2) is 9.35. The number of hydrogen-bond donors (Lipinski definition) is 2. The van der Waals surface area contributed by atoms with Crippen molar-refractivity contribution in [3.8, 4) is 18.1 Å². The molecule has 10 nitrogen and oxygen atoms in total. The number of ether oxygens (including phenoxy) is 1. The highest BCUT2D eigenvalue weighted by Crippen LogP contribution is 2.34. The molecule has 180 valence electrons. The molecule has 5 rings (SSSR count). The van der Waals surface area contributed by atoms with Gasteiger partial charge in [-0.3, -0.25) is 34.3 Å². The lowest BCUT2D eigenvalue weighted by molar-refractivity contribution is -0.749. The van der Waals surface area contributed by atoms with Crippen molar-refractivity contribution in [3.63, 3.8) is 0 Å². The molecule has 1 aromatic heterocycles. The van der Waals surface area contributed by atoms with Gasteiger partial charge in [0.15, 0.2) is 6.54 Å². The van der Waals surface area contributed by atoms with Gasteiger partial charge in [-0.25, -0.2) is 0 Å². The minimum Gasteiger partial charge on any atom is -0.489 e. The Balaban J connectivity index is 1.21. The summed E-state index contributed by atoms with van der Waals surface area (Å²) in [5.41, 5.74) is 1.23. The topological polar surface area (TPSA) is 116 Å². The maximum Gasteiger partial charge on any atom is 0.266 e. The molecule has 35 heavy (non-hydrogen) atoms. The number of aromatic nitrogens is 2. The SMILES string of the molecule is C#Cc1c[nH][n+](CCN2CCC(Oc3cccc4c3C(=O)N(C3CCC(=O)NC3=O)C4=O)CC2)c1. The van der Waals surface area contributed by atoms with E-state index in [2.05, 4.69) is 21.2 Å². The molecule has 3 aliphatic heterocycles. The van der Waals surface area contributed by atoms with E-state index in [1.807, 2.05) is 10.9 Å². The van der Waals surface area contributed by atoms with E-state index < -0.39 is 29.7 Å². The summed E-state index contributed by atoms with van der Waals surface area (Å²) in [6, 6.07) is 3.95. The van der Waals surface area contributed by atoms with Crippen molar-refractivity contribution in [1.29, 1.82) is 0 Å². The van der Waals surface area contributed by atoms with Gasteiger partial charge in [-0.1, -0.05) is 12.0 Å². The van der Waals surface area contributed by atoms with Crippen molar-refractivity contribution in [2.45, 2.75) is 44.4 Å². The van der Waals surface area contributed by atoms with Crippen LogP contribution in [0.5, 0.6) is 5.75 Å². The van der Waals surface area contributed by atoms with Crippen molar-refractivity contribution in [1.82, 2.24) is 20.2 Å². The van der Waals surface area contributed by atoms with Crippen molar-refractivity contribution in [2.24, 2.45) is 0 Å². The molecular weight excluding hydrogens is 450 g/mol. The number of hydrogen-bond acceptors (Lipinski definition) is 6. The summed E-state index contributed by atoms with van der Waals surface area (Å²) >= 11 is 0. The number of carbonyl (C=O) groups is 4. The van der Waals surface area contributed by atoms with Gasteiger partial charge >= 0.3 is 0 Å². The minimum atomic E-state index is -0.995. The Kier molecular flexibility index (Phi) is 6.09. The third-order valence-corrected chi connectivity index (χ3v) is 6.76. The van der Waals surface area contributed by atoms with Gasteiger partial charge in [0.1, 0.15) is 23.5 Å². The van der Waals surface area contributed by atoms with Crippen LogP contribution in [0.4, 0.5) is 0 Å².